The van der Waals surface area contributed by atoms with Crippen LogP contribution in [0.15, 0.2) is 43.0 Å². The third-order valence-electron chi connectivity index (χ3n) is 4.85. The molecule has 0 spiro atoms. The summed E-state index contributed by atoms with van der Waals surface area (Å²) in [7, 11) is 0. The van der Waals surface area contributed by atoms with Gasteiger partial charge in [0.05, 0.1) is 39.9 Å². The number of likely N-dealkylation sites (N-methyl/N-ethyl adjacent to an activating group) is 1. The van der Waals surface area contributed by atoms with E-state index >= 15 is 0 Å². The van der Waals surface area contributed by atoms with Crippen LogP contribution in [-0.4, -0.2) is 34.7 Å². The number of carbonyl (C=O) groups excluding carboxylic acids is 2. The molecule has 0 N–H and O–H groups in total. The average Bonchev–Trinajstić information content (AvgIpc) is 3.40. The molecule has 2 aromatic heterocycles. The first-order chi connectivity index (χ1) is 13.5. The molecular formula is C20H18Br2N2O2S2. The van der Waals surface area contributed by atoms with Crippen molar-refractivity contribution in [2.45, 2.75) is 26.7 Å². The van der Waals surface area contributed by atoms with E-state index in [1.165, 1.54) is 0 Å². The van der Waals surface area contributed by atoms with Crippen LogP contribution in [0, 0.1) is 0 Å². The summed E-state index contributed by atoms with van der Waals surface area (Å²) >= 11 is 10.1. The van der Waals surface area contributed by atoms with E-state index in [0.29, 0.717) is 24.2 Å². The van der Waals surface area contributed by atoms with Crippen molar-refractivity contribution in [1.82, 2.24) is 9.80 Å². The number of unbranched alkanes of at least 4 members (excludes halogenated alkanes) is 1. The molecule has 0 saturated carbocycles. The van der Waals surface area contributed by atoms with E-state index in [1.807, 2.05) is 31.2 Å². The van der Waals surface area contributed by atoms with Crippen molar-refractivity contribution in [2.24, 2.45) is 0 Å². The molecule has 2 amide bonds. The predicted molar refractivity (Wildman–Crippen MR) is 122 cm³/mol. The molecule has 8 heteroatoms. The molecule has 28 heavy (non-hydrogen) atoms. The fraction of sp³-hybridized carbons (Fsp3) is 0.300. The Bertz CT molecular complexity index is 1030. The van der Waals surface area contributed by atoms with Crippen LogP contribution < -0.4 is 0 Å². The largest absolute Gasteiger partial charge is 0.306 e. The Balaban J connectivity index is 1.97. The van der Waals surface area contributed by atoms with Crippen LogP contribution in [0.1, 0.15) is 36.4 Å². The standard InChI is InChI=1S/C20H18Br2N2O2S2/c1-3-5-10-24-18(12-7-9-14(22)28-12)16-15(20(24)26)17(23(4-2)19(16)25)11-6-8-13(21)27-11/h6-9H,3-5,10H2,1-2H3. The Morgan fingerprint density at radius 3 is 1.75 bits per heavy atom. The van der Waals surface area contributed by atoms with E-state index < -0.39 is 0 Å². The van der Waals surface area contributed by atoms with Crippen LogP contribution in [0.25, 0.3) is 11.4 Å². The van der Waals surface area contributed by atoms with Gasteiger partial charge in [0.25, 0.3) is 11.8 Å². The normalized spacial score (nSPS) is 16.9. The minimum absolute atomic E-state index is 0.0632. The lowest BCUT2D eigenvalue weighted by Gasteiger charge is -2.23. The van der Waals surface area contributed by atoms with Gasteiger partial charge in [-0.25, -0.2) is 0 Å². The summed E-state index contributed by atoms with van der Waals surface area (Å²) < 4.78 is 1.96. The van der Waals surface area contributed by atoms with E-state index in [9.17, 15) is 9.59 Å². The molecule has 0 atom stereocenters. The Morgan fingerprint density at radius 2 is 1.32 bits per heavy atom. The van der Waals surface area contributed by atoms with Crippen molar-refractivity contribution in [3.8, 4) is 0 Å². The van der Waals surface area contributed by atoms with E-state index in [0.717, 1.165) is 41.6 Å². The fourth-order valence-corrected chi connectivity index (χ4v) is 6.52. The van der Waals surface area contributed by atoms with Crippen molar-refractivity contribution >= 4 is 77.7 Å². The SMILES string of the molecule is CCCCN1C(=O)C2=C(c3ccc(Br)s3)N(CC)C(=O)C2=C1c1ccc(Br)s1. The lowest BCUT2D eigenvalue weighted by Crippen LogP contribution is -2.30. The van der Waals surface area contributed by atoms with Gasteiger partial charge >= 0.3 is 0 Å². The van der Waals surface area contributed by atoms with Crippen molar-refractivity contribution in [2.75, 3.05) is 13.1 Å². The van der Waals surface area contributed by atoms with Gasteiger partial charge in [-0.05, 0) is 69.5 Å². The zero-order valence-electron chi connectivity index (χ0n) is 15.4. The third kappa shape index (κ3) is 3.14. The number of halogens is 2. The van der Waals surface area contributed by atoms with Crippen LogP contribution >= 0.6 is 54.5 Å². The van der Waals surface area contributed by atoms with Gasteiger partial charge in [0, 0.05) is 13.1 Å². The third-order valence-corrected chi connectivity index (χ3v) is 8.11. The number of fused-ring (bicyclic) bond motifs is 1. The van der Waals surface area contributed by atoms with Crippen LogP contribution in [0.3, 0.4) is 0 Å². The summed E-state index contributed by atoms with van der Waals surface area (Å²) in [4.78, 5) is 32.3. The highest BCUT2D eigenvalue weighted by Crippen LogP contribution is 2.49. The summed E-state index contributed by atoms with van der Waals surface area (Å²) in [6, 6.07) is 7.88. The molecule has 4 heterocycles. The summed E-state index contributed by atoms with van der Waals surface area (Å²) in [5.74, 6) is -0.143. The smallest absolute Gasteiger partial charge is 0.261 e. The quantitative estimate of drug-likeness (QED) is 0.452. The highest BCUT2D eigenvalue weighted by molar-refractivity contribution is 9.11. The Labute approximate surface area is 188 Å². The molecule has 0 bridgehead atoms. The summed E-state index contributed by atoms with van der Waals surface area (Å²) in [6.07, 6.45) is 1.88. The molecule has 0 aliphatic carbocycles. The first-order valence-corrected chi connectivity index (χ1v) is 12.3. The zero-order valence-corrected chi connectivity index (χ0v) is 20.2. The Hall–Kier alpha value is -1.22. The predicted octanol–water partition coefficient (Wildman–Crippen LogP) is 5.96. The van der Waals surface area contributed by atoms with Crippen LogP contribution in [-0.2, 0) is 9.59 Å². The monoisotopic (exact) mass is 540 g/mol. The zero-order chi connectivity index (χ0) is 20.0. The molecule has 2 aromatic rings. The molecule has 2 aliphatic heterocycles. The highest BCUT2D eigenvalue weighted by atomic mass is 79.9. The van der Waals surface area contributed by atoms with E-state index in [-0.39, 0.29) is 11.8 Å². The minimum atomic E-state index is -0.0797. The Kier molecular flexibility index (Phi) is 5.66. The second kappa shape index (κ2) is 7.89. The maximum Gasteiger partial charge on any atom is 0.261 e. The van der Waals surface area contributed by atoms with Crippen molar-refractivity contribution in [3.63, 3.8) is 0 Å². The van der Waals surface area contributed by atoms with Crippen molar-refractivity contribution in [3.05, 3.63) is 52.7 Å². The molecule has 0 aromatic carbocycles. The lowest BCUT2D eigenvalue weighted by molar-refractivity contribution is -0.124. The molecule has 146 valence electrons. The maximum atomic E-state index is 13.5. The number of amides is 2. The number of hydrogen-bond donors (Lipinski definition) is 0. The van der Waals surface area contributed by atoms with Gasteiger partial charge in [-0.3, -0.25) is 9.59 Å². The fourth-order valence-electron chi connectivity index (χ4n) is 3.62. The molecule has 0 fully saturated rings. The second-order valence-corrected chi connectivity index (χ2v) is 11.4. The van der Waals surface area contributed by atoms with Crippen molar-refractivity contribution in [1.29, 1.82) is 0 Å². The van der Waals surface area contributed by atoms with Gasteiger partial charge in [-0.15, -0.1) is 22.7 Å². The average molecular weight is 542 g/mol. The van der Waals surface area contributed by atoms with E-state index in [2.05, 4.69) is 38.8 Å². The van der Waals surface area contributed by atoms with Gasteiger partial charge in [-0.2, -0.15) is 0 Å². The van der Waals surface area contributed by atoms with Gasteiger partial charge in [0.2, 0.25) is 0 Å². The van der Waals surface area contributed by atoms with E-state index in [1.54, 1.807) is 32.5 Å². The molecular weight excluding hydrogens is 524 g/mol. The lowest BCUT2D eigenvalue weighted by atomic mass is 10.1. The van der Waals surface area contributed by atoms with Gasteiger partial charge in [0.15, 0.2) is 0 Å². The molecule has 2 aliphatic rings. The number of thiophene rings is 2. The number of carbonyl (C=O) groups is 2. The second-order valence-electron chi connectivity index (χ2n) is 6.51. The summed E-state index contributed by atoms with van der Waals surface area (Å²) in [5.41, 5.74) is 2.61. The summed E-state index contributed by atoms with van der Waals surface area (Å²) in [5, 5.41) is 0. The molecule has 4 nitrogen and oxygen atoms in total. The Morgan fingerprint density at radius 1 is 0.821 bits per heavy atom. The van der Waals surface area contributed by atoms with E-state index in [4.69, 9.17) is 0 Å². The van der Waals surface area contributed by atoms with Crippen molar-refractivity contribution < 1.29 is 9.59 Å². The first kappa shape index (κ1) is 20.1. The number of rotatable bonds is 6. The number of nitrogens with zero attached hydrogens (tertiary/aromatic N) is 2. The molecule has 0 radical (unpaired) electrons. The topological polar surface area (TPSA) is 40.6 Å². The van der Waals surface area contributed by atoms with Crippen LogP contribution in [0.2, 0.25) is 0 Å². The number of hydrogen-bond acceptors (Lipinski definition) is 4. The first-order valence-electron chi connectivity index (χ1n) is 9.12. The van der Waals surface area contributed by atoms with Crippen LogP contribution in [0.5, 0.6) is 0 Å². The van der Waals surface area contributed by atoms with Gasteiger partial charge < -0.3 is 9.80 Å². The minimum Gasteiger partial charge on any atom is -0.306 e. The molecule has 0 unspecified atom stereocenters. The van der Waals surface area contributed by atoms with Gasteiger partial charge in [0.1, 0.15) is 0 Å². The molecule has 0 saturated heterocycles. The molecule has 4 rings (SSSR count). The van der Waals surface area contributed by atoms with Crippen LogP contribution in [0.4, 0.5) is 0 Å². The highest BCUT2D eigenvalue weighted by Gasteiger charge is 2.48. The van der Waals surface area contributed by atoms with Gasteiger partial charge in [-0.1, -0.05) is 13.3 Å². The maximum absolute atomic E-state index is 13.5. The summed E-state index contributed by atoms with van der Waals surface area (Å²) in [6.45, 7) is 5.20.